The molecule has 0 atom stereocenters. The number of hydrogen-bond acceptors (Lipinski definition) is 22. The smallest absolute Gasteiger partial charge is 0.460 e. The molecule has 0 aromatic carbocycles. The van der Waals surface area contributed by atoms with Gasteiger partial charge in [-0.25, -0.2) is 16.8 Å². The Morgan fingerprint density at radius 2 is 0.676 bits per heavy atom. The molecule has 0 radical (unpaired) electrons. The van der Waals surface area contributed by atoms with E-state index >= 15 is 0 Å². The first kappa shape index (κ1) is 72.2. The lowest BCUT2D eigenvalue weighted by molar-refractivity contribution is -0.910. The molecule has 0 heterocycles. The molecule has 0 unspecified atom stereocenters. The van der Waals surface area contributed by atoms with Crippen molar-refractivity contribution in [2.45, 2.75) is 67.7 Å². The van der Waals surface area contributed by atoms with Crippen LogP contribution in [-0.4, -0.2) is 222 Å². The van der Waals surface area contributed by atoms with Gasteiger partial charge < -0.3 is 62.7 Å². The van der Waals surface area contributed by atoms with Crippen LogP contribution in [0.5, 0.6) is 0 Å². The van der Waals surface area contributed by atoms with E-state index in [0.29, 0.717) is 78.8 Å². The summed E-state index contributed by atoms with van der Waals surface area (Å²) in [5, 5.41) is 0. The van der Waals surface area contributed by atoms with E-state index in [4.69, 9.17) is 54.0 Å². The molecule has 0 saturated carbocycles. The Kier molecular flexibility index (Phi) is 37.7. The maximum Gasteiger partial charge on any atom is 0.500 e. The van der Waals surface area contributed by atoms with Crippen molar-refractivity contribution < 1.29 is 116 Å². The lowest BCUT2D eigenvalue weighted by atomic mass is 10.3. The molecule has 35 heteroatoms. The minimum atomic E-state index is -6.72. The highest BCUT2D eigenvalue weighted by atomic mass is 32.3. The first-order valence-corrected chi connectivity index (χ1v) is 33.6. The molecular formula is C36H72F6N2O19S5Si3. The molecule has 424 valence electrons. The highest BCUT2D eigenvalue weighted by molar-refractivity contribution is 8.13. The maximum atomic E-state index is 12.5. The van der Waals surface area contributed by atoms with Crippen molar-refractivity contribution in [3.8, 4) is 0 Å². The number of ether oxygens (including phenoxy) is 3. The first-order chi connectivity index (χ1) is 33.1. The second-order valence-electron chi connectivity index (χ2n) is 14.7. The van der Waals surface area contributed by atoms with Gasteiger partial charge in [-0.1, -0.05) is 0 Å². The van der Waals surface area contributed by atoms with Crippen molar-refractivity contribution in [3.63, 3.8) is 0 Å². The van der Waals surface area contributed by atoms with Crippen molar-refractivity contribution in [2.24, 2.45) is 0 Å². The predicted molar refractivity (Wildman–Crippen MR) is 261 cm³/mol. The Morgan fingerprint density at radius 3 is 0.873 bits per heavy atom. The quantitative estimate of drug-likeness (QED) is 0.0188. The second kappa shape index (κ2) is 37.0. The van der Waals surface area contributed by atoms with Crippen LogP contribution < -0.4 is 0 Å². The molecule has 0 bridgehead atoms. The number of quaternary nitrogens is 1. The topological polar surface area (TPSA) is 244 Å². The Bertz CT molecular complexity index is 1520. The van der Waals surface area contributed by atoms with E-state index in [1.807, 2.05) is 7.05 Å². The van der Waals surface area contributed by atoms with Crippen molar-refractivity contribution >= 4 is 99.7 Å². The van der Waals surface area contributed by atoms with Crippen LogP contribution in [0.3, 0.4) is 0 Å². The zero-order chi connectivity index (χ0) is 54.9. The molecule has 0 aliphatic heterocycles. The fraction of sp³-hybridized carbons (Fsp3) is 0.917. The largest absolute Gasteiger partial charge is 0.500 e. The number of halogens is 6. The lowest BCUT2D eigenvalue weighted by Gasteiger charge is -2.34. The summed E-state index contributed by atoms with van der Waals surface area (Å²) in [6.07, 6.45) is 3.44. The fourth-order valence-corrected chi connectivity index (χ4v) is 15.8. The molecule has 0 aliphatic rings. The number of sulfonamides is 2. The maximum absolute atomic E-state index is 12.5. The summed E-state index contributed by atoms with van der Waals surface area (Å²) in [7, 11) is -4.85. The third-order valence-corrected chi connectivity index (χ3v) is 24.4. The van der Waals surface area contributed by atoms with Gasteiger partial charge in [0.1, 0.15) is 39.5 Å². The van der Waals surface area contributed by atoms with Crippen molar-refractivity contribution in [2.75, 3.05) is 145 Å². The summed E-state index contributed by atoms with van der Waals surface area (Å²) in [6.45, 7) is 2.00. The van der Waals surface area contributed by atoms with Gasteiger partial charge in [-0.2, -0.15) is 61.6 Å². The number of alkyl halides is 6. The van der Waals surface area contributed by atoms with Crippen LogP contribution >= 0.6 is 35.3 Å². The summed E-state index contributed by atoms with van der Waals surface area (Å²) in [5.41, 5.74) is -12.4. The van der Waals surface area contributed by atoms with Gasteiger partial charge in [-0.3, -0.25) is 14.4 Å². The Balaban J connectivity index is 0. The van der Waals surface area contributed by atoms with Gasteiger partial charge in [0.15, 0.2) is 20.0 Å². The molecule has 0 saturated heterocycles. The summed E-state index contributed by atoms with van der Waals surface area (Å²) in [5.74, 6) is 3.64. The number of rotatable bonds is 41. The van der Waals surface area contributed by atoms with Crippen LogP contribution in [0.2, 0.25) is 18.1 Å². The van der Waals surface area contributed by atoms with E-state index in [-0.39, 0.29) is 37.7 Å². The molecule has 0 N–H and O–H groups in total. The first-order valence-electron chi connectivity index (χ1n) is 21.4. The van der Waals surface area contributed by atoms with E-state index in [1.54, 1.807) is 99.3 Å². The zero-order valence-electron chi connectivity index (χ0n) is 41.8. The standard InChI is InChI=1S/C34H72NO15S3Si3.C2F6NO4S2/c1-35(17-20-48-32(36)14-26-51-23-11-29-54(39-2,40-3)41-4,18-21-49-33(37)15-27-52-24-12-30-55(42-5,43-6)44-7)19-22-50-34(38)16-28-53-25-13-31-56(45-8,46-9)47-10;3-1(4,5)14(10,11)9-15(12,13)2(6,7)8/h11-31H2,1-10H3;/q+1;-1. The van der Waals surface area contributed by atoms with Crippen LogP contribution in [0.15, 0.2) is 0 Å². The Morgan fingerprint density at radius 1 is 0.451 bits per heavy atom. The third kappa shape index (κ3) is 30.5. The highest BCUT2D eigenvalue weighted by Crippen LogP contribution is 2.36. The average molecular weight is 1200 g/mol. The normalized spacial score (nSPS) is 13.1. The van der Waals surface area contributed by atoms with E-state index in [2.05, 4.69) is 0 Å². The summed E-state index contributed by atoms with van der Waals surface area (Å²) < 4.78 is 175. The van der Waals surface area contributed by atoms with Crippen LogP contribution in [0.4, 0.5) is 26.3 Å². The van der Waals surface area contributed by atoms with E-state index in [0.717, 1.165) is 40.6 Å². The number of hydrogen-bond donors (Lipinski definition) is 0. The highest BCUT2D eigenvalue weighted by Gasteiger charge is 2.47. The number of esters is 3. The van der Waals surface area contributed by atoms with Gasteiger partial charge in [-0.05, 0) is 36.5 Å². The fourth-order valence-electron chi connectivity index (χ4n) is 5.52. The van der Waals surface area contributed by atoms with Crippen LogP contribution in [0.25, 0.3) is 4.13 Å². The van der Waals surface area contributed by atoms with Gasteiger partial charge >= 0.3 is 55.3 Å². The molecule has 71 heavy (non-hydrogen) atoms. The molecule has 21 nitrogen and oxygen atoms in total. The SMILES string of the molecule is CO[Si](CCCSCCC(=O)OCC[N+](C)(CCOC(=O)CCSCCC[Si](OC)(OC)OC)CCOC(=O)CCSCCC[Si](OC)(OC)OC)(OC)OC.O=S(=O)([N-]S(=O)(=O)C(F)(F)F)C(F)(F)F. The zero-order valence-corrected chi connectivity index (χ0v) is 48.9. The third-order valence-electron chi connectivity index (χ3n) is 9.93. The average Bonchev–Trinajstić information content (AvgIpc) is 3.31. The van der Waals surface area contributed by atoms with E-state index in [9.17, 15) is 57.6 Å². The van der Waals surface area contributed by atoms with E-state index < -0.39 is 57.5 Å². The number of carbonyl (C=O) groups excluding carboxylic acids is 3. The molecular weight excluding hydrogens is 1120 g/mol. The van der Waals surface area contributed by atoms with Gasteiger partial charge in [0, 0.05) is 99.4 Å². The molecule has 0 fully saturated rings. The molecule has 0 spiro atoms. The number of likely N-dealkylation sites (N-methyl/N-ethyl adjacent to an activating group) is 1. The molecule has 0 aliphatic carbocycles. The van der Waals surface area contributed by atoms with Crippen molar-refractivity contribution in [1.29, 1.82) is 0 Å². The van der Waals surface area contributed by atoms with Crippen molar-refractivity contribution in [1.82, 2.24) is 0 Å². The molecule has 0 aromatic rings. The van der Waals surface area contributed by atoms with Gasteiger partial charge in [0.25, 0.3) is 0 Å². The minimum Gasteiger partial charge on any atom is -0.460 e. The summed E-state index contributed by atoms with van der Waals surface area (Å²) >= 11 is 5.01. The number of carbonyl (C=O) groups is 3. The Hall–Kier alpha value is -0.849. The van der Waals surface area contributed by atoms with Gasteiger partial charge in [0.05, 0.1) is 26.3 Å². The number of nitrogens with zero attached hydrogens (tertiary/aromatic N) is 2. The van der Waals surface area contributed by atoms with Gasteiger partial charge in [-0.15, -0.1) is 0 Å². The number of thioether (sulfide) groups is 3. The van der Waals surface area contributed by atoms with Crippen LogP contribution in [-0.2, 0) is 88.5 Å². The lowest BCUT2D eigenvalue weighted by Crippen LogP contribution is -2.51. The Labute approximate surface area is 430 Å². The van der Waals surface area contributed by atoms with E-state index in [1.165, 1.54) is 0 Å². The van der Waals surface area contributed by atoms with Crippen LogP contribution in [0, 0.1) is 0 Å². The summed E-state index contributed by atoms with van der Waals surface area (Å²) in [4.78, 5) is 37.6. The van der Waals surface area contributed by atoms with Gasteiger partial charge in [0.2, 0.25) is 0 Å². The van der Waals surface area contributed by atoms with Crippen molar-refractivity contribution in [3.05, 3.63) is 4.13 Å². The summed E-state index contributed by atoms with van der Waals surface area (Å²) in [6, 6.07) is 2.11. The monoisotopic (exact) mass is 1190 g/mol. The molecule has 0 rings (SSSR count). The second-order valence-corrected chi connectivity index (χ2v) is 31.0. The predicted octanol–water partition coefficient (Wildman–Crippen LogP) is 5.30. The van der Waals surface area contributed by atoms with Crippen LogP contribution in [0.1, 0.15) is 38.5 Å². The minimum absolute atomic E-state index is 0.192. The molecule has 0 aromatic heterocycles. The molecule has 0 amide bonds.